The van der Waals surface area contributed by atoms with Crippen molar-refractivity contribution in [3.05, 3.63) is 63.6 Å². The van der Waals surface area contributed by atoms with Crippen LogP contribution in [0.5, 0.6) is 0 Å². The van der Waals surface area contributed by atoms with Gasteiger partial charge in [0.2, 0.25) is 0 Å². The molecule has 26 heavy (non-hydrogen) atoms. The molecule has 0 N–H and O–H groups in total. The maximum absolute atomic E-state index is 13.0. The van der Waals surface area contributed by atoms with Crippen molar-refractivity contribution in [2.24, 2.45) is 5.41 Å². The third kappa shape index (κ3) is 2.62. The van der Waals surface area contributed by atoms with Gasteiger partial charge in [-0.2, -0.15) is 0 Å². The van der Waals surface area contributed by atoms with Crippen LogP contribution in [0.2, 0.25) is 10.0 Å². The average Bonchev–Trinajstić information content (AvgIpc) is 2.49. The molecule has 2 aromatic carbocycles. The van der Waals surface area contributed by atoms with Gasteiger partial charge in [0.25, 0.3) is 0 Å². The maximum Gasteiger partial charge on any atom is 0.184 e. The molecule has 0 atom stereocenters. The molecule has 2 bridgehead atoms. The summed E-state index contributed by atoms with van der Waals surface area (Å²) < 4.78 is 25.2. The highest BCUT2D eigenvalue weighted by Gasteiger charge is 2.74. The van der Waals surface area contributed by atoms with E-state index in [-0.39, 0.29) is 11.2 Å². The van der Waals surface area contributed by atoms with Crippen molar-refractivity contribution < 1.29 is 13.2 Å². The normalized spacial score (nSPS) is 26.7. The van der Waals surface area contributed by atoms with E-state index < -0.39 is 14.6 Å². The Balaban J connectivity index is 1.48. The van der Waals surface area contributed by atoms with Crippen LogP contribution in [0.4, 0.5) is 0 Å². The molecule has 0 aromatic heterocycles. The Morgan fingerprint density at radius 3 is 2.23 bits per heavy atom. The molecule has 0 radical (unpaired) electrons. The zero-order valence-corrected chi connectivity index (χ0v) is 16.6. The number of hydrogen-bond acceptors (Lipinski definition) is 3. The van der Waals surface area contributed by atoms with E-state index in [0.717, 1.165) is 5.56 Å². The number of aryl methyl sites for hydroxylation is 1. The van der Waals surface area contributed by atoms with E-state index in [4.69, 9.17) is 23.2 Å². The highest BCUT2D eigenvalue weighted by atomic mass is 35.5. The second-order valence-corrected chi connectivity index (χ2v) is 10.9. The molecule has 0 amide bonds. The second-order valence-electron chi connectivity index (χ2n) is 7.75. The fraction of sp³-hybridized carbons (Fsp3) is 0.350. The van der Waals surface area contributed by atoms with E-state index >= 15 is 0 Å². The molecule has 3 aliphatic carbocycles. The van der Waals surface area contributed by atoms with E-state index in [1.807, 2.05) is 19.1 Å². The summed E-state index contributed by atoms with van der Waals surface area (Å²) in [4.78, 5) is 13.0. The van der Waals surface area contributed by atoms with Crippen molar-refractivity contribution >= 4 is 38.8 Å². The molecule has 136 valence electrons. The Kier molecular flexibility index (Phi) is 4.03. The largest absolute Gasteiger partial charge is 0.294 e. The summed E-state index contributed by atoms with van der Waals surface area (Å²) in [6, 6.07) is 11.8. The molecule has 5 rings (SSSR count). The summed E-state index contributed by atoms with van der Waals surface area (Å²) >= 11 is 12.0. The summed E-state index contributed by atoms with van der Waals surface area (Å²) in [5.41, 5.74) is 1.29. The molecule has 3 saturated carbocycles. The molecule has 0 heterocycles. The van der Waals surface area contributed by atoms with Gasteiger partial charge >= 0.3 is 0 Å². The number of halogens is 2. The highest BCUT2D eigenvalue weighted by molar-refractivity contribution is 7.93. The molecule has 0 unspecified atom stereocenters. The molecule has 0 spiro atoms. The number of rotatable bonds is 5. The first-order valence-corrected chi connectivity index (χ1v) is 10.7. The van der Waals surface area contributed by atoms with E-state index in [2.05, 4.69) is 0 Å². The van der Waals surface area contributed by atoms with Crippen molar-refractivity contribution in [1.82, 2.24) is 0 Å². The number of hydrogen-bond donors (Lipinski definition) is 0. The monoisotopic (exact) mass is 408 g/mol. The van der Waals surface area contributed by atoms with Gasteiger partial charge < -0.3 is 0 Å². The zero-order chi connectivity index (χ0) is 18.7. The third-order valence-electron chi connectivity index (χ3n) is 5.76. The van der Waals surface area contributed by atoms with Crippen LogP contribution in [-0.4, -0.2) is 18.9 Å². The Labute approximate surface area is 163 Å². The maximum atomic E-state index is 13.0. The molecule has 6 heteroatoms. The number of sulfone groups is 1. The number of ketones is 1. The second kappa shape index (κ2) is 5.82. The van der Waals surface area contributed by atoms with Crippen molar-refractivity contribution in [3.63, 3.8) is 0 Å². The third-order valence-corrected chi connectivity index (χ3v) is 8.77. The SMILES string of the molecule is Cc1ccc(S(=O)(=O)C23CC(CC(=O)c4ccc(Cl)cc4Cl)(C2)C3)cc1. The minimum atomic E-state index is -3.36. The van der Waals surface area contributed by atoms with Gasteiger partial charge in [0.1, 0.15) is 0 Å². The van der Waals surface area contributed by atoms with Crippen LogP contribution in [0.25, 0.3) is 0 Å². The molecular weight excluding hydrogens is 391 g/mol. The first kappa shape index (κ1) is 18.0. The first-order chi connectivity index (χ1) is 12.2. The van der Waals surface area contributed by atoms with E-state index in [1.54, 1.807) is 30.3 Å². The Morgan fingerprint density at radius 2 is 1.65 bits per heavy atom. The topological polar surface area (TPSA) is 51.2 Å². The van der Waals surface area contributed by atoms with E-state index in [9.17, 15) is 13.2 Å². The van der Waals surface area contributed by atoms with Crippen LogP contribution in [0.1, 0.15) is 41.6 Å². The highest BCUT2D eigenvalue weighted by Crippen LogP contribution is 2.73. The Hall–Kier alpha value is -1.36. The van der Waals surface area contributed by atoms with Crippen molar-refractivity contribution in [3.8, 4) is 0 Å². The minimum absolute atomic E-state index is 0.0484. The van der Waals surface area contributed by atoms with Crippen molar-refractivity contribution in [2.75, 3.05) is 0 Å². The molecule has 3 fully saturated rings. The lowest BCUT2D eigenvalue weighted by Crippen LogP contribution is -2.70. The molecule has 3 nitrogen and oxygen atoms in total. The van der Waals surface area contributed by atoms with Gasteiger partial charge in [0, 0.05) is 17.0 Å². The van der Waals surface area contributed by atoms with Gasteiger partial charge in [-0.1, -0.05) is 40.9 Å². The molecule has 0 saturated heterocycles. The van der Waals surface area contributed by atoms with Gasteiger partial charge in [-0.15, -0.1) is 0 Å². The standard InChI is InChI=1S/C20H18Cl2O3S/c1-13-2-5-15(6-3-13)26(24,25)20-10-19(11-20,12-20)9-18(23)16-7-4-14(21)8-17(16)22/h2-8H,9-12H2,1H3. The fourth-order valence-corrected chi connectivity index (χ4v) is 7.48. The lowest BCUT2D eigenvalue weighted by molar-refractivity contribution is -0.0791. The van der Waals surface area contributed by atoms with Crippen LogP contribution < -0.4 is 0 Å². The lowest BCUT2D eigenvalue weighted by Gasteiger charge is -2.69. The average molecular weight is 409 g/mol. The van der Waals surface area contributed by atoms with Gasteiger partial charge in [-0.3, -0.25) is 4.79 Å². The van der Waals surface area contributed by atoms with Crippen molar-refractivity contribution in [1.29, 1.82) is 0 Å². The molecule has 0 aliphatic heterocycles. The van der Waals surface area contributed by atoms with Gasteiger partial charge in [0.15, 0.2) is 15.6 Å². The summed E-state index contributed by atoms with van der Waals surface area (Å²) in [6.07, 6.45) is 1.98. The van der Waals surface area contributed by atoms with E-state index in [0.29, 0.717) is 46.2 Å². The quantitative estimate of drug-likeness (QED) is 0.632. The molecular formula is C20H18Cl2O3S. The first-order valence-electron chi connectivity index (χ1n) is 8.46. The van der Waals surface area contributed by atoms with Gasteiger partial charge in [0.05, 0.1) is 14.7 Å². The summed E-state index contributed by atoms with van der Waals surface area (Å²) in [5.74, 6) is -0.0484. The zero-order valence-electron chi connectivity index (χ0n) is 14.3. The number of Topliss-reactive ketones (excluding diaryl/α,β-unsaturated/α-hetero) is 1. The minimum Gasteiger partial charge on any atom is -0.294 e. The van der Waals surface area contributed by atoms with Crippen LogP contribution >= 0.6 is 23.2 Å². The van der Waals surface area contributed by atoms with Gasteiger partial charge in [-0.25, -0.2) is 8.42 Å². The summed E-state index contributed by atoms with van der Waals surface area (Å²) in [7, 11) is -3.36. The Morgan fingerprint density at radius 1 is 1.04 bits per heavy atom. The summed E-state index contributed by atoms with van der Waals surface area (Å²) in [5, 5.41) is 0.830. The fourth-order valence-electron chi connectivity index (χ4n) is 4.49. The number of benzene rings is 2. The van der Waals surface area contributed by atoms with Crippen LogP contribution in [0.15, 0.2) is 47.4 Å². The lowest BCUT2D eigenvalue weighted by atomic mass is 9.42. The van der Waals surface area contributed by atoms with Crippen LogP contribution in [-0.2, 0) is 9.84 Å². The molecule has 2 aromatic rings. The van der Waals surface area contributed by atoms with Crippen LogP contribution in [0.3, 0.4) is 0 Å². The summed E-state index contributed by atoms with van der Waals surface area (Å²) in [6.45, 7) is 1.93. The van der Waals surface area contributed by atoms with E-state index in [1.165, 1.54) is 0 Å². The smallest absolute Gasteiger partial charge is 0.184 e. The van der Waals surface area contributed by atoms with Crippen LogP contribution in [0, 0.1) is 12.3 Å². The predicted molar refractivity (Wildman–Crippen MR) is 103 cm³/mol. The number of carbonyl (C=O) groups excluding carboxylic acids is 1. The predicted octanol–water partition coefficient (Wildman–Crippen LogP) is 5.27. The van der Waals surface area contributed by atoms with Gasteiger partial charge in [-0.05, 0) is 61.9 Å². The number of carbonyl (C=O) groups is 1. The molecule has 3 aliphatic rings. The van der Waals surface area contributed by atoms with Crippen molar-refractivity contribution in [2.45, 2.75) is 42.2 Å². The Bertz CT molecular complexity index is 990.